The van der Waals surface area contributed by atoms with Gasteiger partial charge in [0, 0.05) is 5.92 Å². The third-order valence-corrected chi connectivity index (χ3v) is 2.10. The lowest BCUT2D eigenvalue weighted by Crippen LogP contribution is -2.23. The number of hydrogen-bond acceptors (Lipinski definition) is 0. The molecule has 0 heteroatoms. The first kappa shape index (κ1) is 6.42. The fourth-order valence-electron chi connectivity index (χ4n) is 1.28. The molecular weight excluding hydrogens is 108 g/mol. The van der Waals surface area contributed by atoms with Gasteiger partial charge in [-0.3, -0.25) is 0 Å². The fourth-order valence-corrected chi connectivity index (χ4v) is 1.28. The Balaban J connectivity index is 2.29. The van der Waals surface area contributed by atoms with E-state index in [2.05, 4.69) is 12.5 Å². The number of rotatable bonds is 2. The Morgan fingerprint density at radius 1 is 1.67 bits per heavy atom. The van der Waals surface area contributed by atoms with Crippen LogP contribution in [0.5, 0.6) is 0 Å². The molecule has 1 aliphatic carbocycles. The summed E-state index contributed by atoms with van der Waals surface area (Å²) in [5.41, 5.74) is 0. The monoisotopic (exact) mass is 120 g/mol. The summed E-state index contributed by atoms with van der Waals surface area (Å²) < 4.78 is 0. The van der Waals surface area contributed by atoms with Crippen molar-refractivity contribution in [1.29, 1.82) is 0 Å². The van der Waals surface area contributed by atoms with E-state index in [1.54, 1.807) is 0 Å². The van der Waals surface area contributed by atoms with Crippen molar-refractivity contribution in [3.05, 3.63) is 12.7 Å². The van der Waals surface area contributed by atoms with Crippen molar-refractivity contribution in [3.63, 3.8) is 0 Å². The summed E-state index contributed by atoms with van der Waals surface area (Å²) in [7, 11) is 0. The van der Waals surface area contributed by atoms with Crippen molar-refractivity contribution >= 4 is 0 Å². The lowest BCUT2D eigenvalue weighted by Gasteiger charge is -2.31. The SMILES string of the molecule is C#CC1CCC1CC=C. The van der Waals surface area contributed by atoms with Crippen LogP contribution >= 0.6 is 0 Å². The molecular formula is C9H12. The Kier molecular flexibility index (Phi) is 1.95. The molecule has 0 aromatic carbocycles. The van der Waals surface area contributed by atoms with Crippen molar-refractivity contribution in [3.8, 4) is 12.3 Å². The quantitative estimate of drug-likeness (QED) is 0.387. The topological polar surface area (TPSA) is 0 Å². The molecule has 0 saturated heterocycles. The Bertz CT molecular complexity index is 139. The summed E-state index contributed by atoms with van der Waals surface area (Å²) in [6.07, 6.45) is 10.9. The molecule has 1 saturated carbocycles. The highest BCUT2D eigenvalue weighted by Gasteiger charge is 2.27. The van der Waals surface area contributed by atoms with Gasteiger partial charge < -0.3 is 0 Å². The van der Waals surface area contributed by atoms with Gasteiger partial charge >= 0.3 is 0 Å². The zero-order valence-corrected chi connectivity index (χ0v) is 5.64. The highest BCUT2D eigenvalue weighted by molar-refractivity contribution is 5.03. The second-order valence-corrected chi connectivity index (χ2v) is 2.63. The van der Waals surface area contributed by atoms with Gasteiger partial charge in [0.2, 0.25) is 0 Å². The van der Waals surface area contributed by atoms with Gasteiger partial charge in [-0.25, -0.2) is 0 Å². The maximum Gasteiger partial charge on any atom is 0.0231 e. The summed E-state index contributed by atoms with van der Waals surface area (Å²) in [5, 5.41) is 0. The Labute approximate surface area is 57.0 Å². The molecule has 1 fully saturated rings. The molecule has 1 rings (SSSR count). The minimum Gasteiger partial charge on any atom is -0.120 e. The first-order chi connectivity index (χ1) is 4.38. The van der Waals surface area contributed by atoms with Crippen LogP contribution in [0.1, 0.15) is 19.3 Å². The molecule has 0 aromatic rings. The lowest BCUT2D eigenvalue weighted by atomic mass is 9.72. The van der Waals surface area contributed by atoms with Crippen LogP contribution < -0.4 is 0 Å². The molecule has 0 N–H and O–H groups in total. The second kappa shape index (κ2) is 2.73. The van der Waals surface area contributed by atoms with E-state index >= 15 is 0 Å². The zero-order chi connectivity index (χ0) is 6.69. The minimum absolute atomic E-state index is 0.558. The van der Waals surface area contributed by atoms with Crippen molar-refractivity contribution in [2.24, 2.45) is 11.8 Å². The second-order valence-electron chi connectivity index (χ2n) is 2.63. The normalized spacial score (nSPS) is 32.3. The molecule has 0 aromatic heterocycles. The van der Waals surface area contributed by atoms with Gasteiger partial charge in [0.05, 0.1) is 0 Å². The standard InChI is InChI=1S/C9H12/c1-3-5-9-7-6-8(9)4-2/h2-3,8-9H,1,5-7H2. The third-order valence-electron chi connectivity index (χ3n) is 2.10. The van der Waals surface area contributed by atoms with Crippen LogP contribution in [0.25, 0.3) is 0 Å². The first-order valence-corrected chi connectivity index (χ1v) is 3.45. The highest BCUT2D eigenvalue weighted by Crippen LogP contribution is 2.35. The summed E-state index contributed by atoms with van der Waals surface area (Å²) in [6, 6.07) is 0. The van der Waals surface area contributed by atoms with E-state index in [1.807, 2.05) is 6.08 Å². The molecule has 0 radical (unpaired) electrons. The fraction of sp³-hybridized carbons (Fsp3) is 0.556. The molecule has 0 spiro atoms. The van der Waals surface area contributed by atoms with Crippen LogP contribution in [0.4, 0.5) is 0 Å². The van der Waals surface area contributed by atoms with Gasteiger partial charge in [-0.1, -0.05) is 6.08 Å². The van der Waals surface area contributed by atoms with Crippen LogP contribution in [0, 0.1) is 24.2 Å². The number of allylic oxidation sites excluding steroid dienone is 1. The minimum atomic E-state index is 0.558. The van der Waals surface area contributed by atoms with Gasteiger partial charge in [0.1, 0.15) is 0 Å². The Morgan fingerprint density at radius 2 is 2.44 bits per heavy atom. The molecule has 0 aliphatic heterocycles. The van der Waals surface area contributed by atoms with Gasteiger partial charge in [-0.15, -0.1) is 18.9 Å². The highest BCUT2D eigenvalue weighted by atomic mass is 14.3. The van der Waals surface area contributed by atoms with Crippen molar-refractivity contribution in [2.75, 3.05) is 0 Å². The zero-order valence-electron chi connectivity index (χ0n) is 5.64. The molecule has 0 bridgehead atoms. The first-order valence-electron chi connectivity index (χ1n) is 3.45. The molecule has 0 amide bonds. The predicted octanol–water partition coefficient (Wildman–Crippen LogP) is 2.22. The third kappa shape index (κ3) is 1.16. The largest absolute Gasteiger partial charge is 0.120 e. The van der Waals surface area contributed by atoms with Crippen LogP contribution in [-0.2, 0) is 0 Å². The Morgan fingerprint density at radius 3 is 2.78 bits per heavy atom. The molecule has 9 heavy (non-hydrogen) atoms. The van der Waals surface area contributed by atoms with E-state index < -0.39 is 0 Å². The van der Waals surface area contributed by atoms with E-state index in [4.69, 9.17) is 6.42 Å². The summed E-state index contributed by atoms with van der Waals surface area (Å²) in [5.74, 6) is 4.10. The van der Waals surface area contributed by atoms with Crippen LogP contribution in [0.2, 0.25) is 0 Å². The average molecular weight is 120 g/mol. The van der Waals surface area contributed by atoms with Crippen molar-refractivity contribution < 1.29 is 0 Å². The van der Waals surface area contributed by atoms with Gasteiger partial charge in [0.25, 0.3) is 0 Å². The average Bonchev–Trinajstić information content (AvgIpc) is 1.82. The van der Waals surface area contributed by atoms with E-state index in [0.717, 1.165) is 12.3 Å². The lowest BCUT2D eigenvalue weighted by molar-refractivity contribution is 0.240. The van der Waals surface area contributed by atoms with E-state index in [9.17, 15) is 0 Å². The smallest absolute Gasteiger partial charge is 0.0231 e. The van der Waals surface area contributed by atoms with Crippen molar-refractivity contribution in [2.45, 2.75) is 19.3 Å². The molecule has 48 valence electrons. The van der Waals surface area contributed by atoms with E-state index in [1.165, 1.54) is 12.8 Å². The van der Waals surface area contributed by atoms with Gasteiger partial charge in [-0.2, -0.15) is 0 Å². The molecule has 0 heterocycles. The summed E-state index contributed by atoms with van der Waals surface area (Å²) in [6.45, 7) is 3.68. The Hall–Kier alpha value is -0.700. The van der Waals surface area contributed by atoms with Crippen LogP contribution in [0.15, 0.2) is 12.7 Å². The summed E-state index contributed by atoms with van der Waals surface area (Å²) >= 11 is 0. The van der Waals surface area contributed by atoms with E-state index in [-0.39, 0.29) is 0 Å². The molecule has 2 atom stereocenters. The molecule has 0 nitrogen and oxygen atoms in total. The van der Waals surface area contributed by atoms with Crippen molar-refractivity contribution in [1.82, 2.24) is 0 Å². The van der Waals surface area contributed by atoms with Gasteiger partial charge in [0.15, 0.2) is 0 Å². The number of hydrogen-bond donors (Lipinski definition) is 0. The van der Waals surface area contributed by atoms with Crippen LogP contribution in [0.3, 0.4) is 0 Å². The number of terminal acetylenes is 1. The molecule has 1 aliphatic rings. The van der Waals surface area contributed by atoms with Crippen LogP contribution in [-0.4, -0.2) is 0 Å². The van der Waals surface area contributed by atoms with E-state index in [0.29, 0.717) is 5.92 Å². The van der Waals surface area contributed by atoms with Gasteiger partial charge in [-0.05, 0) is 25.2 Å². The summed E-state index contributed by atoms with van der Waals surface area (Å²) in [4.78, 5) is 0. The maximum atomic E-state index is 5.27. The maximum absolute atomic E-state index is 5.27. The predicted molar refractivity (Wildman–Crippen MR) is 39.9 cm³/mol. The molecule has 2 unspecified atom stereocenters.